The molecule has 0 radical (unpaired) electrons. The number of rotatable bonds is 2. The summed E-state index contributed by atoms with van der Waals surface area (Å²) < 4.78 is 31.7. The van der Waals surface area contributed by atoms with Gasteiger partial charge in [0, 0.05) is 17.6 Å². The van der Waals surface area contributed by atoms with Gasteiger partial charge < -0.3 is 9.64 Å². The molecule has 0 bridgehead atoms. The second-order valence-electron chi connectivity index (χ2n) is 6.69. The van der Waals surface area contributed by atoms with Crippen molar-refractivity contribution in [3.05, 3.63) is 28.7 Å². The molecule has 7 heteroatoms. The van der Waals surface area contributed by atoms with Crippen molar-refractivity contribution in [2.24, 2.45) is 0 Å². The molecular formula is C16H22BrNO4S. The van der Waals surface area contributed by atoms with Crippen LogP contribution in [0.1, 0.15) is 33.6 Å². The van der Waals surface area contributed by atoms with Gasteiger partial charge >= 0.3 is 6.09 Å². The van der Waals surface area contributed by atoms with E-state index in [1.807, 2.05) is 0 Å². The van der Waals surface area contributed by atoms with Crippen LogP contribution in [0.2, 0.25) is 0 Å². The number of carbonyl (C=O) groups excluding carboxylic acids is 1. The molecule has 5 nitrogen and oxygen atoms in total. The number of carbonyl (C=O) groups is 1. The summed E-state index contributed by atoms with van der Waals surface area (Å²) in [6.07, 6.45) is 0.748. The van der Waals surface area contributed by atoms with E-state index in [9.17, 15) is 13.2 Å². The molecule has 1 atom stereocenters. The van der Waals surface area contributed by atoms with E-state index in [-0.39, 0.29) is 11.4 Å². The minimum absolute atomic E-state index is 0.170. The number of nitrogens with zero attached hydrogens (tertiary/aromatic N) is 1. The number of likely N-dealkylation sites (tertiary alicyclic amines) is 1. The molecule has 128 valence electrons. The van der Waals surface area contributed by atoms with Crippen molar-refractivity contribution in [1.82, 2.24) is 4.90 Å². The summed E-state index contributed by atoms with van der Waals surface area (Å²) in [5.74, 6) is 0. The third-order valence-electron chi connectivity index (χ3n) is 3.59. The van der Waals surface area contributed by atoms with Gasteiger partial charge in [0.05, 0.1) is 10.1 Å². The topological polar surface area (TPSA) is 63.7 Å². The van der Waals surface area contributed by atoms with Gasteiger partial charge in [-0.3, -0.25) is 0 Å². The molecule has 0 saturated carbocycles. The third kappa shape index (κ3) is 4.70. The number of hydrogen-bond acceptors (Lipinski definition) is 4. The average molecular weight is 404 g/mol. The zero-order valence-corrected chi connectivity index (χ0v) is 16.0. The summed E-state index contributed by atoms with van der Waals surface area (Å²) in [5, 5.41) is -0.599. The molecule has 1 aromatic rings. The standard InChI is InChI=1S/C16H22BrNO4S/c1-16(2,3)22-15(19)18-9-5-8-14(11-18)23(20,21)13-7-4-6-12(17)10-13/h4,6-7,10,14H,5,8-9,11H2,1-3H3. The first-order valence-electron chi connectivity index (χ1n) is 7.57. The van der Waals surface area contributed by atoms with E-state index >= 15 is 0 Å². The molecule has 0 N–H and O–H groups in total. The van der Waals surface area contributed by atoms with Crippen LogP contribution in [0.15, 0.2) is 33.6 Å². The molecular weight excluding hydrogens is 382 g/mol. The van der Waals surface area contributed by atoms with Gasteiger partial charge in [0.15, 0.2) is 9.84 Å². The number of ether oxygens (including phenoxy) is 1. The maximum Gasteiger partial charge on any atom is 0.410 e. The van der Waals surface area contributed by atoms with Gasteiger partial charge in [-0.05, 0) is 51.8 Å². The Morgan fingerprint density at radius 3 is 2.65 bits per heavy atom. The van der Waals surface area contributed by atoms with Crippen LogP contribution >= 0.6 is 15.9 Å². The lowest BCUT2D eigenvalue weighted by Crippen LogP contribution is -2.47. The van der Waals surface area contributed by atoms with Gasteiger partial charge in [-0.15, -0.1) is 0 Å². The van der Waals surface area contributed by atoms with E-state index in [0.717, 1.165) is 4.47 Å². The molecule has 1 saturated heterocycles. The Balaban J connectivity index is 2.16. The van der Waals surface area contributed by atoms with Crippen molar-refractivity contribution in [3.63, 3.8) is 0 Å². The first-order chi connectivity index (χ1) is 10.6. The maximum atomic E-state index is 12.8. The normalized spacial score (nSPS) is 19.5. The quantitative estimate of drug-likeness (QED) is 0.755. The van der Waals surface area contributed by atoms with Gasteiger partial charge in [0.1, 0.15) is 5.60 Å². The van der Waals surface area contributed by atoms with Crippen LogP contribution in [-0.2, 0) is 14.6 Å². The summed E-state index contributed by atoms with van der Waals surface area (Å²) in [5.41, 5.74) is -0.590. The Morgan fingerprint density at radius 1 is 1.35 bits per heavy atom. The van der Waals surface area contributed by atoms with Crippen LogP contribution in [0.4, 0.5) is 4.79 Å². The number of piperidine rings is 1. The minimum atomic E-state index is -3.47. The molecule has 1 amide bonds. The highest BCUT2D eigenvalue weighted by molar-refractivity contribution is 9.10. The van der Waals surface area contributed by atoms with Crippen LogP contribution in [0.5, 0.6) is 0 Å². The maximum absolute atomic E-state index is 12.8. The lowest BCUT2D eigenvalue weighted by atomic mass is 10.1. The average Bonchev–Trinajstić information content (AvgIpc) is 2.45. The molecule has 23 heavy (non-hydrogen) atoms. The van der Waals surface area contributed by atoms with Crippen molar-refractivity contribution < 1.29 is 17.9 Å². The fourth-order valence-corrected chi connectivity index (χ4v) is 4.87. The van der Waals surface area contributed by atoms with E-state index in [1.165, 1.54) is 4.90 Å². The Bertz CT molecular complexity index is 682. The minimum Gasteiger partial charge on any atom is -0.444 e. The predicted molar refractivity (Wildman–Crippen MR) is 92.2 cm³/mol. The molecule has 0 aliphatic carbocycles. The molecule has 2 rings (SSSR count). The van der Waals surface area contributed by atoms with Gasteiger partial charge in [-0.2, -0.15) is 0 Å². The highest BCUT2D eigenvalue weighted by atomic mass is 79.9. The fourth-order valence-electron chi connectivity index (χ4n) is 2.52. The summed E-state index contributed by atoms with van der Waals surface area (Å²) in [7, 11) is -3.47. The molecule has 1 aromatic carbocycles. The molecule has 1 aliphatic rings. The third-order valence-corrected chi connectivity index (χ3v) is 6.26. The number of hydrogen-bond donors (Lipinski definition) is 0. The van der Waals surface area contributed by atoms with E-state index in [0.29, 0.717) is 19.4 Å². The lowest BCUT2D eigenvalue weighted by molar-refractivity contribution is 0.0219. The fraction of sp³-hybridized carbons (Fsp3) is 0.562. The Hall–Kier alpha value is -1.08. The summed E-state index contributed by atoms with van der Waals surface area (Å²) in [4.78, 5) is 14.0. The van der Waals surface area contributed by atoms with Crippen LogP contribution in [0.25, 0.3) is 0 Å². The SMILES string of the molecule is CC(C)(C)OC(=O)N1CCCC(S(=O)(=O)c2cccc(Br)c2)C1. The first kappa shape index (κ1) is 18.3. The molecule has 1 unspecified atom stereocenters. The van der Waals surface area contributed by atoms with Crippen molar-refractivity contribution in [1.29, 1.82) is 0 Å². The summed E-state index contributed by atoms with van der Waals surface area (Å²) in [6, 6.07) is 6.67. The highest BCUT2D eigenvalue weighted by Gasteiger charge is 2.35. The number of sulfone groups is 1. The van der Waals surface area contributed by atoms with Crippen LogP contribution in [-0.4, -0.2) is 43.4 Å². The Morgan fingerprint density at radius 2 is 2.04 bits per heavy atom. The number of amides is 1. The molecule has 1 aliphatic heterocycles. The zero-order chi connectivity index (χ0) is 17.3. The van der Waals surface area contributed by atoms with Crippen molar-refractivity contribution in [2.45, 2.75) is 49.4 Å². The van der Waals surface area contributed by atoms with Crippen molar-refractivity contribution in [2.75, 3.05) is 13.1 Å². The Kier molecular flexibility index (Phi) is 5.41. The predicted octanol–water partition coefficient (Wildman–Crippen LogP) is 3.62. The van der Waals surface area contributed by atoms with Crippen LogP contribution in [0, 0.1) is 0 Å². The number of benzene rings is 1. The van der Waals surface area contributed by atoms with Crippen LogP contribution in [0.3, 0.4) is 0 Å². The van der Waals surface area contributed by atoms with E-state index in [4.69, 9.17) is 4.74 Å². The molecule has 0 spiro atoms. The highest BCUT2D eigenvalue weighted by Crippen LogP contribution is 2.26. The van der Waals surface area contributed by atoms with E-state index < -0.39 is 26.8 Å². The molecule has 0 aromatic heterocycles. The van der Waals surface area contributed by atoms with Crippen LogP contribution < -0.4 is 0 Å². The lowest BCUT2D eigenvalue weighted by Gasteiger charge is -2.33. The first-order valence-corrected chi connectivity index (χ1v) is 9.91. The van der Waals surface area contributed by atoms with E-state index in [2.05, 4.69) is 15.9 Å². The molecule has 1 heterocycles. The zero-order valence-electron chi connectivity index (χ0n) is 13.6. The van der Waals surface area contributed by atoms with Crippen molar-refractivity contribution >= 4 is 31.9 Å². The molecule has 1 fully saturated rings. The summed E-state index contributed by atoms with van der Waals surface area (Å²) in [6.45, 7) is 6.09. The second kappa shape index (κ2) is 6.81. The van der Waals surface area contributed by atoms with Crippen molar-refractivity contribution in [3.8, 4) is 0 Å². The monoisotopic (exact) mass is 403 g/mol. The number of halogens is 1. The van der Waals surface area contributed by atoms with Gasteiger partial charge in [-0.1, -0.05) is 22.0 Å². The van der Waals surface area contributed by atoms with E-state index in [1.54, 1.807) is 45.0 Å². The Labute approximate surface area is 146 Å². The largest absolute Gasteiger partial charge is 0.444 e. The van der Waals surface area contributed by atoms with Gasteiger partial charge in [0.25, 0.3) is 0 Å². The van der Waals surface area contributed by atoms with Gasteiger partial charge in [-0.25, -0.2) is 13.2 Å². The summed E-state index contributed by atoms with van der Waals surface area (Å²) >= 11 is 3.30. The van der Waals surface area contributed by atoms with Gasteiger partial charge in [0.2, 0.25) is 0 Å². The second-order valence-corrected chi connectivity index (χ2v) is 9.84. The smallest absolute Gasteiger partial charge is 0.410 e.